The van der Waals surface area contributed by atoms with Gasteiger partial charge in [-0.15, -0.1) is 11.3 Å². The Labute approximate surface area is 155 Å². The van der Waals surface area contributed by atoms with Gasteiger partial charge in [-0.05, 0) is 43.2 Å². The molecule has 1 unspecified atom stereocenters. The molecule has 1 aliphatic rings. The van der Waals surface area contributed by atoms with Crippen molar-refractivity contribution in [2.75, 3.05) is 5.73 Å². The van der Waals surface area contributed by atoms with Crippen LogP contribution in [0.15, 0.2) is 36.5 Å². The number of aryl methyl sites for hydroxylation is 1. The van der Waals surface area contributed by atoms with Crippen molar-refractivity contribution in [1.82, 2.24) is 15.4 Å². The summed E-state index contributed by atoms with van der Waals surface area (Å²) in [6, 6.07) is 10.6. The number of amides is 1. The number of hydrogen-bond donors (Lipinski definition) is 3. The Hall–Kier alpha value is -2.67. The number of aromatic amines is 1. The molecule has 5 N–H and O–H groups in total. The third-order valence-corrected chi connectivity index (χ3v) is 6.49. The molecule has 0 saturated carbocycles. The van der Waals surface area contributed by atoms with E-state index in [-0.39, 0.29) is 5.41 Å². The van der Waals surface area contributed by atoms with E-state index in [2.05, 4.69) is 39.7 Å². The van der Waals surface area contributed by atoms with Crippen LogP contribution in [0.5, 0.6) is 0 Å². The highest BCUT2D eigenvalue weighted by atomic mass is 32.1. The first-order chi connectivity index (χ1) is 12.6. The van der Waals surface area contributed by atoms with Crippen LogP contribution < -0.4 is 11.5 Å². The van der Waals surface area contributed by atoms with Crippen LogP contribution in [0.25, 0.3) is 0 Å². The van der Waals surface area contributed by atoms with Crippen molar-refractivity contribution >= 4 is 22.2 Å². The van der Waals surface area contributed by atoms with Gasteiger partial charge in [0.2, 0.25) is 0 Å². The number of nitrogen functional groups attached to an aromatic ring is 1. The van der Waals surface area contributed by atoms with Gasteiger partial charge in [-0.2, -0.15) is 15.4 Å². The molecule has 7 heteroatoms. The normalized spacial score (nSPS) is 19.2. The van der Waals surface area contributed by atoms with E-state index in [0.29, 0.717) is 10.6 Å². The molecule has 134 valence electrons. The number of carbonyl (C=O) groups is 1. The summed E-state index contributed by atoms with van der Waals surface area (Å²) in [5, 5.41) is 11.3. The summed E-state index contributed by atoms with van der Waals surface area (Å²) in [5.41, 5.74) is 15.5. The number of H-pyrrole nitrogens is 1. The van der Waals surface area contributed by atoms with Gasteiger partial charge < -0.3 is 11.5 Å². The molecule has 2 aromatic heterocycles. The first-order valence-corrected chi connectivity index (χ1v) is 9.51. The monoisotopic (exact) mass is 367 g/mol. The third kappa shape index (κ3) is 2.88. The minimum atomic E-state index is -0.421. The number of primary amides is 1. The first kappa shape index (κ1) is 16.8. The minimum absolute atomic E-state index is 0.000576. The molecule has 1 atom stereocenters. The second-order valence-electron chi connectivity index (χ2n) is 6.89. The summed E-state index contributed by atoms with van der Waals surface area (Å²) in [7, 11) is 0. The van der Waals surface area contributed by atoms with Gasteiger partial charge >= 0.3 is 0 Å². The number of nitrogens with one attached hydrogen (secondary N) is 1. The summed E-state index contributed by atoms with van der Waals surface area (Å²) in [4.78, 5) is 13.0. The van der Waals surface area contributed by atoms with Crippen molar-refractivity contribution in [3.63, 3.8) is 0 Å². The van der Waals surface area contributed by atoms with Gasteiger partial charge in [0.25, 0.3) is 5.91 Å². The zero-order chi connectivity index (χ0) is 18.1. The maximum atomic E-state index is 11.8. The van der Waals surface area contributed by atoms with E-state index in [1.807, 2.05) is 6.07 Å². The molecule has 0 radical (unpaired) electrons. The highest BCUT2D eigenvalue weighted by Crippen LogP contribution is 2.46. The summed E-state index contributed by atoms with van der Waals surface area (Å²) in [5.74, 6) is -0.421. The maximum absolute atomic E-state index is 11.8. The Morgan fingerprint density at radius 3 is 2.81 bits per heavy atom. The standard InChI is InChI=1S/C19H21N5OS/c20-17(25)16-14-7-9-19(10-15(14)26-18(16)21,12-4-2-1-3-5-12)8-6-13-11-22-24-23-13/h1-5,11H,6-10,21H2,(H2,20,25)(H,22,23,24). The number of benzene rings is 1. The van der Waals surface area contributed by atoms with E-state index < -0.39 is 5.91 Å². The SMILES string of the molecule is NC(=O)c1c(N)sc2c1CCC(CCc1cn[nH]n1)(c1ccccc1)C2. The quantitative estimate of drug-likeness (QED) is 0.643. The smallest absolute Gasteiger partial charge is 0.251 e. The molecule has 1 amide bonds. The van der Waals surface area contributed by atoms with Crippen molar-refractivity contribution in [2.45, 2.75) is 37.5 Å². The van der Waals surface area contributed by atoms with E-state index >= 15 is 0 Å². The Bertz CT molecular complexity index is 919. The number of fused-ring (bicyclic) bond motifs is 1. The molecule has 4 rings (SSSR count). The highest BCUT2D eigenvalue weighted by molar-refractivity contribution is 7.16. The highest BCUT2D eigenvalue weighted by Gasteiger charge is 2.38. The molecule has 1 aliphatic carbocycles. The van der Waals surface area contributed by atoms with Gasteiger partial charge in [-0.3, -0.25) is 4.79 Å². The Morgan fingerprint density at radius 2 is 2.12 bits per heavy atom. The summed E-state index contributed by atoms with van der Waals surface area (Å²) in [6.45, 7) is 0. The lowest BCUT2D eigenvalue weighted by Crippen LogP contribution is -2.34. The molecular weight excluding hydrogens is 346 g/mol. The Balaban J connectivity index is 1.71. The van der Waals surface area contributed by atoms with Crippen LogP contribution >= 0.6 is 11.3 Å². The van der Waals surface area contributed by atoms with E-state index in [9.17, 15) is 4.79 Å². The van der Waals surface area contributed by atoms with Crippen LogP contribution in [0.2, 0.25) is 0 Å². The van der Waals surface area contributed by atoms with Crippen LogP contribution in [-0.2, 0) is 24.7 Å². The molecule has 0 saturated heterocycles. The molecule has 0 fully saturated rings. The summed E-state index contributed by atoms with van der Waals surface area (Å²) < 4.78 is 0. The number of thiophene rings is 1. The fraction of sp³-hybridized carbons (Fsp3) is 0.316. The van der Waals surface area contributed by atoms with Crippen LogP contribution in [0, 0.1) is 0 Å². The summed E-state index contributed by atoms with van der Waals surface area (Å²) in [6.07, 6.45) is 6.23. The third-order valence-electron chi connectivity index (χ3n) is 5.43. The number of nitrogens with two attached hydrogens (primary N) is 2. The first-order valence-electron chi connectivity index (χ1n) is 8.69. The fourth-order valence-corrected chi connectivity index (χ4v) is 5.35. The van der Waals surface area contributed by atoms with Crippen molar-refractivity contribution < 1.29 is 4.79 Å². The van der Waals surface area contributed by atoms with Gasteiger partial charge in [-0.25, -0.2) is 0 Å². The van der Waals surface area contributed by atoms with Crippen molar-refractivity contribution in [1.29, 1.82) is 0 Å². The number of hydrogen-bond acceptors (Lipinski definition) is 5. The molecule has 3 aromatic rings. The molecule has 0 bridgehead atoms. The van der Waals surface area contributed by atoms with Crippen LogP contribution in [0.4, 0.5) is 5.00 Å². The van der Waals surface area contributed by atoms with Crippen LogP contribution in [-0.4, -0.2) is 21.3 Å². The van der Waals surface area contributed by atoms with Gasteiger partial charge in [0.05, 0.1) is 22.5 Å². The molecule has 0 spiro atoms. The number of anilines is 1. The molecule has 6 nitrogen and oxygen atoms in total. The van der Waals surface area contributed by atoms with E-state index in [4.69, 9.17) is 11.5 Å². The minimum Gasteiger partial charge on any atom is -0.390 e. The zero-order valence-electron chi connectivity index (χ0n) is 14.4. The number of aromatic nitrogens is 3. The molecule has 1 aromatic carbocycles. The predicted molar refractivity (Wildman–Crippen MR) is 102 cm³/mol. The molecular formula is C19H21N5OS. The lowest BCUT2D eigenvalue weighted by atomic mass is 9.66. The van der Waals surface area contributed by atoms with Crippen molar-refractivity contribution in [3.8, 4) is 0 Å². The van der Waals surface area contributed by atoms with Gasteiger partial charge in [0.1, 0.15) is 0 Å². The second kappa shape index (κ2) is 6.57. The van der Waals surface area contributed by atoms with Crippen LogP contribution in [0.1, 0.15) is 44.9 Å². The second-order valence-corrected chi connectivity index (χ2v) is 8.03. The van der Waals surface area contributed by atoms with E-state index in [0.717, 1.165) is 43.4 Å². The summed E-state index contributed by atoms with van der Waals surface area (Å²) >= 11 is 1.51. The van der Waals surface area contributed by atoms with Gasteiger partial charge in [0.15, 0.2) is 0 Å². The molecule has 26 heavy (non-hydrogen) atoms. The largest absolute Gasteiger partial charge is 0.390 e. The maximum Gasteiger partial charge on any atom is 0.251 e. The topological polar surface area (TPSA) is 111 Å². The number of carbonyl (C=O) groups excluding carboxylic acids is 1. The van der Waals surface area contributed by atoms with E-state index in [1.54, 1.807) is 6.20 Å². The van der Waals surface area contributed by atoms with Crippen molar-refractivity contribution in [2.24, 2.45) is 5.73 Å². The Morgan fingerprint density at radius 1 is 1.31 bits per heavy atom. The van der Waals surface area contributed by atoms with E-state index in [1.165, 1.54) is 21.8 Å². The van der Waals surface area contributed by atoms with Crippen LogP contribution in [0.3, 0.4) is 0 Å². The Kier molecular flexibility index (Phi) is 4.24. The molecule has 0 aliphatic heterocycles. The lowest BCUT2D eigenvalue weighted by molar-refractivity contribution is 0.1000. The van der Waals surface area contributed by atoms with Crippen molar-refractivity contribution in [3.05, 3.63) is 63.8 Å². The number of nitrogens with zero attached hydrogens (tertiary/aromatic N) is 2. The van der Waals surface area contributed by atoms with Gasteiger partial charge in [-0.1, -0.05) is 30.3 Å². The molecule has 2 heterocycles. The zero-order valence-corrected chi connectivity index (χ0v) is 15.2. The lowest BCUT2D eigenvalue weighted by Gasteiger charge is -2.38. The average molecular weight is 367 g/mol. The fourth-order valence-electron chi connectivity index (χ4n) is 4.08. The average Bonchev–Trinajstić information content (AvgIpc) is 3.26. The number of rotatable bonds is 5. The van der Waals surface area contributed by atoms with Gasteiger partial charge in [0, 0.05) is 10.3 Å². The predicted octanol–water partition coefficient (Wildman–Crippen LogP) is 2.61.